The number of rotatable bonds is 7. The largest absolute Gasteiger partial charge is 0.368 e. The molecule has 172 valence electrons. The summed E-state index contributed by atoms with van der Waals surface area (Å²) in [5, 5.41) is 10.3. The van der Waals surface area contributed by atoms with E-state index in [1.165, 1.54) is 6.07 Å². The molecule has 0 spiro atoms. The van der Waals surface area contributed by atoms with Crippen LogP contribution in [0.1, 0.15) is 40.6 Å². The van der Waals surface area contributed by atoms with Gasteiger partial charge >= 0.3 is 0 Å². The fourth-order valence-electron chi connectivity index (χ4n) is 3.55. The number of hydrogen-bond acceptors (Lipinski definition) is 5. The van der Waals surface area contributed by atoms with Gasteiger partial charge in [-0.1, -0.05) is 36.4 Å². The maximum Gasteiger partial charge on any atom is 0.256 e. The van der Waals surface area contributed by atoms with Crippen LogP contribution in [0.4, 0.5) is 5.69 Å². The van der Waals surface area contributed by atoms with Crippen molar-refractivity contribution in [3.63, 3.8) is 0 Å². The molecule has 4 rings (SSSR count). The molecule has 0 saturated heterocycles. The van der Waals surface area contributed by atoms with E-state index >= 15 is 0 Å². The number of nitrogens with two attached hydrogens (primary N) is 1. The summed E-state index contributed by atoms with van der Waals surface area (Å²) in [7, 11) is 0. The first-order valence-electron chi connectivity index (χ1n) is 10.7. The van der Waals surface area contributed by atoms with Crippen molar-refractivity contribution in [1.82, 2.24) is 20.1 Å². The standard InChI is InChI=1S/C25H24N6O3/c1-15(2)31-23-20(13-28-31)19(12-21(30-23)16-7-4-3-5-8-16)25(34)29-18-10-6-9-17(11-18)24(33)27-14-22(26)32/h3-13,15H,14H2,1-2H3,(H2,26,32)(H,27,33)(H,29,34). The Labute approximate surface area is 196 Å². The van der Waals surface area contributed by atoms with Crippen molar-refractivity contribution in [2.24, 2.45) is 5.73 Å². The molecular formula is C25H24N6O3. The lowest BCUT2D eigenvalue weighted by Crippen LogP contribution is -2.33. The fourth-order valence-corrected chi connectivity index (χ4v) is 3.55. The van der Waals surface area contributed by atoms with Gasteiger partial charge in [0, 0.05) is 22.9 Å². The van der Waals surface area contributed by atoms with Gasteiger partial charge in [-0.15, -0.1) is 0 Å². The van der Waals surface area contributed by atoms with Crippen molar-refractivity contribution in [1.29, 1.82) is 0 Å². The van der Waals surface area contributed by atoms with Crippen molar-refractivity contribution in [3.8, 4) is 11.3 Å². The molecule has 2 aromatic heterocycles. The van der Waals surface area contributed by atoms with Gasteiger partial charge in [-0.3, -0.25) is 14.4 Å². The van der Waals surface area contributed by atoms with Crippen LogP contribution in [0.15, 0.2) is 66.9 Å². The Morgan fingerprint density at radius 1 is 1.00 bits per heavy atom. The van der Waals surface area contributed by atoms with E-state index in [-0.39, 0.29) is 24.1 Å². The number of carbonyl (C=O) groups excluding carboxylic acids is 3. The highest BCUT2D eigenvalue weighted by Crippen LogP contribution is 2.27. The normalized spacial score (nSPS) is 10.9. The number of pyridine rings is 1. The molecule has 0 atom stereocenters. The second kappa shape index (κ2) is 9.53. The number of hydrogen-bond donors (Lipinski definition) is 3. The quantitative estimate of drug-likeness (QED) is 0.393. The second-order valence-corrected chi connectivity index (χ2v) is 8.03. The molecule has 0 fully saturated rings. The molecule has 2 heterocycles. The molecular weight excluding hydrogens is 432 g/mol. The van der Waals surface area contributed by atoms with Gasteiger partial charge in [0.2, 0.25) is 5.91 Å². The van der Waals surface area contributed by atoms with Crippen molar-refractivity contribution < 1.29 is 14.4 Å². The van der Waals surface area contributed by atoms with E-state index in [9.17, 15) is 14.4 Å². The highest BCUT2D eigenvalue weighted by atomic mass is 16.2. The van der Waals surface area contributed by atoms with Crippen LogP contribution in [-0.4, -0.2) is 39.0 Å². The van der Waals surface area contributed by atoms with Crippen LogP contribution in [0.5, 0.6) is 0 Å². The molecule has 0 saturated carbocycles. The number of carbonyl (C=O) groups is 3. The van der Waals surface area contributed by atoms with Gasteiger partial charge in [-0.2, -0.15) is 5.10 Å². The predicted molar refractivity (Wildman–Crippen MR) is 129 cm³/mol. The Kier molecular flexibility index (Phi) is 6.35. The molecule has 0 aliphatic rings. The summed E-state index contributed by atoms with van der Waals surface area (Å²) in [5.74, 6) is -1.47. The molecule has 4 aromatic rings. The molecule has 0 radical (unpaired) electrons. The summed E-state index contributed by atoms with van der Waals surface area (Å²) < 4.78 is 1.78. The summed E-state index contributed by atoms with van der Waals surface area (Å²) in [6.07, 6.45) is 1.64. The van der Waals surface area contributed by atoms with E-state index in [2.05, 4.69) is 15.7 Å². The Bertz CT molecular complexity index is 1380. The molecule has 2 aromatic carbocycles. The summed E-state index contributed by atoms with van der Waals surface area (Å²) in [5.41, 5.74) is 8.35. The topological polar surface area (TPSA) is 132 Å². The number of benzene rings is 2. The Hall–Kier alpha value is -4.53. The van der Waals surface area contributed by atoms with Crippen molar-refractivity contribution in [3.05, 3.63) is 78.0 Å². The average molecular weight is 457 g/mol. The molecule has 0 aliphatic carbocycles. The van der Waals surface area contributed by atoms with Crippen LogP contribution in [0, 0.1) is 0 Å². The second-order valence-electron chi connectivity index (χ2n) is 8.03. The maximum absolute atomic E-state index is 13.3. The highest BCUT2D eigenvalue weighted by Gasteiger charge is 2.19. The number of primary amides is 1. The van der Waals surface area contributed by atoms with Gasteiger partial charge in [0.25, 0.3) is 11.8 Å². The summed E-state index contributed by atoms with van der Waals surface area (Å²) in [4.78, 5) is 41.3. The third-order valence-corrected chi connectivity index (χ3v) is 5.18. The summed E-state index contributed by atoms with van der Waals surface area (Å²) in [6.45, 7) is 3.72. The zero-order chi connectivity index (χ0) is 24.2. The van der Waals surface area contributed by atoms with Crippen LogP contribution in [0.25, 0.3) is 22.3 Å². The van der Waals surface area contributed by atoms with E-state index in [0.29, 0.717) is 28.0 Å². The first kappa shape index (κ1) is 22.7. The number of nitrogens with zero attached hydrogens (tertiary/aromatic N) is 3. The highest BCUT2D eigenvalue weighted by molar-refractivity contribution is 6.13. The van der Waals surface area contributed by atoms with E-state index in [1.54, 1.807) is 35.1 Å². The van der Waals surface area contributed by atoms with Crippen molar-refractivity contribution in [2.45, 2.75) is 19.9 Å². The molecule has 0 aliphatic heterocycles. The van der Waals surface area contributed by atoms with Crippen LogP contribution in [0.2, 0.25) is 0 Å². The minimum atomic E-state index is -0.643. The Balaban J connectivity index is 1.70. The number of anilines is 1. The minimum Gasteiger partial charge on any atom is -0.368 e. The van der Waals surface area contributed by atoms with Gasteiger partial charge in [-0.25, -0.2) is 9.67 Å². The third-order valence-electron chi connectivity index (χ3n) is 5.18. The van der Waals surface area contributed by atoms with E-state index in [4.69, 9.17) is 10.7 Å². The predicted octanol–water partition coefficient (Wildman–Crippen LogP) is 3.15. The van der Waals surface area contributed by atoms with Crippen LogP contribution < -0.4 is 16.4 Å². The first-order valence-corrected chi connectivity index (χ1v) is 10.7. The van der Waals surface area contributed by atoms with Crippen molar-refractivity contribution >= 4 is 34.4 Å². The number of nitrogens with one attached hydrogen (secondary N) is 2. The van der Waals surface area contributed by atoms with Crippen molar-refractivity contribution in [2.75, 3.05) is 11.9 Å². The lowest BCUT2D eigenvalue weighted by molar-refractivity contribution is -0.117. The number of aromatic nitrogens is 3. The molecule has 0 bridgehead atoms. The SMILES string of the molecule is CC(C)n1ncc2c(C(=O)Nc3cccc(C(=O)NCC(N)=O)c3)cc(-c3ccccc3)nc21. The maximum atomic E-state index is 13.3. The number of amides is 3. The van der Waals surface area contributed by atoms with E-state index < -0.39 is 11.8 Å². The van der Waals surface area contributed by atoms with Gasteiger partial charge in [0.1, 0.15) is 0 Å². The van der Waals surface area contributed by atoms with E-state index in [1.807, 2.05) is 44.2 Å². The fraction of sp³-hybridized carbons (Fsp3) is 0.160. The first-order chi connectivity index (χ1) is 16.3. The Morgan fingerprint density at radius 2 is 1.76 bits per heavy atom. The minimum absolute atomic E-state index is 0.0579. The third kappa shape index (κ3) is 4.78. The van der Waals surface area contributed by atoms with Gasteiger partial charge in [-0.05, 0) is 38.1 Å². The molecule has 0 unspecified atom stereocenters. The molecule has 3 amide bonds. The van der Waals surface area contributed by atoms with Gasteiger partial charge in [0.15, 0.2) is 5.65 Å². The average Bonchev–Trinajstić information content (AvgIpc) is 3.27. The smallest absolute Gasteiger partial charge is 0.256 e. The monoisotopic (exact) mass is 456 g/mol. The molecule has 4 N–H and O–H groups in total. The van der Waals surface area contributed by atoms with Gasteiger partial charge in [0.05, 0.1) is 29.4 Å². The molecule has 9 nitrogen and oxygen atoms in total. The van der Waals surface area contributed by atoms with Crippen LogP contribution in [0.3, 0.4) is 0 Å². The number of fused-ring (bicyclic) bond motifs is 1. The lowest BCUT2D eigenvalue weighted by Gasteiger charge is -2.12. The molecule has 34 heavy (non-hydrogen) atoms. The summed E-state index contributed by atoms with van der Waals surface area (Å²) >= 11 is 0. The van der Waals surface area contributed by atoms with Crippen LogP contribution in [-0.2, 0) is 4.79 Å². The Morgan fingerprint density at radius 3 is 2.47 bits per heavy atom. The zero-order valence-electron chi connectivity index (χ0n) is 18.8. The lowest BCUT2D eigenvalue weighted by atomic mass is 10.1. The molecule has 9 heteroatoms. The summed E-state index contributed by atoms with van der Waals surface area (Å²) in [6, 6.07) is 17.8. The van der Waals surface area contributed by atoms with Crippen LogP contribution >= 0.6 is 0 Å². The van der Waals surface area contributed by atoms with Gasteiger partial charge < -0.3 is 16.4 Å². The zero-order valence-corrected chi connectivity index (χ0v) is 18.8. The van der Waals surface area contributed by atoms with E-state index in [0.717, 1.165) is 5.56 Å².